The van der Waals surface area contributed by atoms with Gasteiger partial charge >= 0.3 is 5.97 Å². The van der Waals surface area contributed by atoms with Crippen LogP contribution < -0.4 is 10.6 Å². The number of halogens is 1. The van der Waals surface area contributed by atoms with Crippen LogP contribution in [0.1, 0.15) is 4.88 Å². The third-order valence-corrected chi connectivity index (χ3v) is 3.15. The number of aliphatic carboxylic acids is 1. The van der Waals surface area contributed by atoms with E-state index in [1.807, 2.05) is 12.1 Å². The lowest BCUT2D eigenvalue weighted by atomic mass is 10.3. The minimum Gasteiger partial charge on any atom is -0.480 e. The van der Waals surface area contributed by atoms with Gasteiger partial charge in [0.1, 0.15) is 6.04 Å². The normalized spacial score (nSPS) is 12.7. The summed E-state index contributed by atoms with van der Waals surface area (Å²) >= 11 is 7.25. The highest BCUT2D eigenvalue weighted by atomic mass is 35.5. The van der Waals surface area contributed by atoms with E-state index >= 15 is 0 Å². The van der Waals surface area contributed by atoms with Gasteiger partial charge in [-0.25, -0.2) is 0 Å². The zero-order chi connectivity index (χ0) is 11.3. The molecular weight excluding hydrogens is 236 g/mol. The first-order valence-corrected chi connectivity index (χ1v) is 5.68. The number of carbonyl (C=O) groups is 1. The molecule has 0 fully saturated rings. The van der Waals surface area contributed by atoms with Crippen molar-refractivity contribution in [2.45, 2.75) is 12.6 Å². The van der Waals surface area contributed by atoms with Crippen LogP contribution in [0.15, 0.2) is 12.1 Å². The van der Waals surface area contributed by atoms with Crippen LogP contribution in [0, 0.1) is 0 Å². The molecule has 15 heavy (non-hydrogen) atoms. The second-order valence-corrected chi connectivity index (χ2v) is 4.82. The summed E-state index contributed by atoms with van der Waals surface area (Å²) in [4.78, 5) is 11.8. The molecule has 1 rings (SSSR count). The van der Waals surface area contributed by atoms with E-state index in [2.05, 4.69) is 10.6 Å². The maximum Gasteiger partial charge on any atom is 0.322 e. The summed E-state index contributed by atoms with van der Waals surface area (Å²) in [6.45, 7) is 1.03. The minimum atomic E-state index is -0.853. The molecule has 0 aliphatic heterocycles. The molecule has 1 aromatic rings. The number of carboxylic acids is 1. The topological polar surface area (TPSA) is 61.4 Å². The van der Waals surface area contributed by atoms with Gasteiger partial charge in [0.25, 0.3) is 0 Å². The van der Waals surface area contributed by atoms with Crippen LogP contribution in [-0.4, -0.2) is 30.7 Å². The molecule has 4 nitrogen and oxygen atoms in total. The number of carboxylic acid groups (broad SMARTS) is 1. The van der Waals surface area contributed by atoms with Crippen LogP contribution in [0.3, 0.4) is 0 Å². The smallest absolute Gasteiger partial charge is 0.322 e. The number of nitrogens with one attached hydrogen (secondary N) is 2. The molecule has 1 atom stereocenters. The highest BCUT2D eigenvalue weighted by molar-refractivity contribution is 7.16. The third-order valence-electron chi connectivity index (χ3n) is 1.92. The zero-order valence-corrected chi connectivity index (χ0v) is 9.86. The van der Waals surface area contributed by atoms with Gasteiger partial charge in [-0.1, -0.05) is 11.6 Å². The maximum absolute atomic E-state index is 10.7. The Kier molecular flexibility index (Phi) is 5.04. The van der Waals surface area contributed by atoms with Crippen LogP contribution in [0.2, 0.25) is 4.34 Å². The van der Waals surface area contributed by atoms with Crippen molar-refractivity contribution in [3.05, 3.63) is 21.3 Å². The maximum atomic E-state index is 10.7. The summed E-state index contributed by atoms with van der Waals surface area (Å²) in [7, 11) is 1.63. The second-order valence-electron chi connectivity index (χ2n) is 3.02. The van der Waals surface area contributed by atoms with Gasteiger partial charge in [-0.05, 0) is 19.2 Å². The SMILES string of the molecule is CNC(CNCc1ccc(Cl)s1)C(=O)O. The van der Waals surface area contributed by atoms with Crippen LogP contribution in [0.25, 0.3) is 0 Å². The number of likely N-dealkylation sites (N-methyl/N-ethyl adjacent to an activating group) is 1. The molecule has 0 saturated carbocycles. The molecular formula is C9H13ClN2O2S. The van der Waals surface area contributed by atoms with E-state index < -0.39 is 12.0 Å². The van der Waals surface area contributed by atoms with Crippen molar-refractivity contribution in [2.75, 3.05) is 13.6 Å². The van der Waals surface area contributed by atoms with Crippen molar-refractivity contribution < 1.29 is 9.90 Å². The Labute approximate surface area is 97.3 Å². The van der Waals surface area contributed by atoms with Crippen molar-refractivity contribution in [3.63, 3.8) is 0 Å². The van der Waals surface area contributed by atoms with E-state index in [1.165, 1.54) is 11.3 Å². The molecule has 0 aliphatic carbocycles. The summed E-state index contributed by atoms with van der Waals surface area (Å²) in [5.74, 6) is -0.853. The molecule has 0 amide bonds. The van der Waals surface area contributed by atoms with E-state index in [1.54, 1.807) is 7.05 Å². The number of rotatable bonds is 6. The van der Waals surface area contributed by atoms with Crippen LogP contribution in [-0.2, 0) is 11.3 Å². The average molecular weight is 249 g/mol. The molecule has 0 saturated heterocycles. The Morgan fingerprint density at radius 2 is 2.40 bits per heavy atom. The number of hydrogen-bond acceptors (Lipinski definition) is 4. The van der Waals surface area contributed by atoms with Gasteiger partial charge in [-0.2, -0.15) is 0 Å². The minimum absolute atomic E-state index is 0.390. The molecule has 3 N–H and O–H groups in total. The fourth-order valence-electron chi connectivity index (χ4n) is 1.10. The summed E-state index contributed by atoms with van der Waals surface area (Å²) in [6.07, 6.45) is 0. The standard InChI is InChI=1S/C9H13ClN2O2S/c1-11-7(9(13)14)5-12-4-6-2-3-8(10)15-6/h2-3,7,11-12H,4-5H2,1H3,(H,13,14). The largest absolute Gasteiger partial charge is 0.480 e. The van der Waals surface area contributed by atoms with E-state index in [9.17, 15) is 4.79 Å². The first-order chi connectivity index (χ1) is 7.13. The lowest BCUT2D eigenvalue weighted by Crippen LogP contribution is -2.42. The molecule has 0 aliphatic rings. The third kappa shape index (κ3) is 4.17. The molecule has 0 bridgehead atoms. The lowest BCUT2D eigenvalue weighted by molar-refractivity contribution is -0.139. The molecule has 1 aromatic heterocycles. The molecule has 0 spiro atoms. The Balaban J connectivity index is 2.29. The Morgan fingerprint density at radius 3 is 2.87 bits per heavy atom. The van der Waals surface area contributed by atoms with Gasteiger partial charge in [0.05, 0.1) is 4.34 Å². The van der Waals surface area contributed by atoms with E-state index in [0.717, 1.165) is 9.21 Å². The first kappa shape index (κ1) is 12.4. The monoisotopic (exact) mass is 248 g/mol. The van der Waals surface area contributed by atoms with Crippen molar-refractivity contribution in [1.82, 2.24) is 10.6 Å². The molecule has 0 radical (unpaired) electrons. The Hall–Kier alpha value is -0.620. The molecule has 1 unspecified atom stereocenters. The highest BCUT2D eigenvalue weighted by Gasteiger charge is 2.13. The van der Waals surface area contributed by atoms with Gasteiger partial charge in [0, 0.05) is 18.0 Å². The van der Waals surface area contributed by atoms with Crippen LogP contribution >= 0.6 is 22.9 Å². The van der Waals surface area contributed by atoms with Crippen molar-refractivity contribution in [1.29, 1.82) is 0 Å². The van der Waals surface area contributed by atoms with Crippen LogP contribution in [0.4, 0.5) is 0 Å². The van der Waals surface area contributed by atoms with Crippen LogP contribution in [0.5, 0.6) is 0 Å². The quantitative estimate of drug-likeness (QED) is 0.707. The molecule has 0 aromatic carbocycles. The molecule has 6 heteroatoms. The van der Waals surface area contributed by atoms with Crippen molar-refractivity contribution in [3.8, 4) is 0 Å². The first-order valence-electron chi connectivity index (χ1n) is 4.48. The predicted octanol–water partition coefficient (Wildman–Crippen LogP) is 1.16. The summed E-state index contributed by atoms with van der Waals surface area (Å²) in [5.41, 5.74) is 0. The average Bonchev–Trinajstić information content (AvgIpc) is 2.58. The van der Waals surface area contributed by atoms with E-state index in [0.29, 0.717) is 13.1 Å². The lowest BCUT2D eigenvalue weighted by Gasteiger charge is -2.11. The number of hydrogen-bond donors (Lipinski definition) is 3. The van der Waals surface area contributed by atoms with Gasteiger partial charge in [-0.15, -0.1) is 11.3 Å². The Bertz CT molecular complexity index is 330. The fourth-order valence-corrected chi connectivity index (χ4v) is 2.16. The zero-order valence-electron chi connectivity index (χ0n) is 8.29. The number of thiophene rings is 1. The molecule has 84 valence electrons. The summed E-state index contributed by atoms with van der Waals surface area (Å²) < 4.78 is 0.746. The summed E-state index contributed by atoms with van der Waals surface area (Å²) in [6, 6.07) is 3.20. The van der Waals surface area contributed by atoms with Crippen molar-refractivity contribution in [2.24, 2.45) is 0 Å². The molecule has 1 heterocycles. The Morgan fingerprint density at radius 1 is 1.67 bits per heavy atom. The van der Waals surface area contributed by atoms with Gasteiger partial charge in [-0.3, -0.25) is 4.79 Å². The summed E-state index contributed by atoms with van der Waals surface area (Å²) in [5, 5.41) is 14.5. The van der Waals surface area contributed by atoms with E-state index in [-0.39, 0.29) is 0 Å². The van der Waals surface area contributed by atoms with Gasteiger partial charge in [0.2, 0.25) is 0 Å². The van der Waals surface area contributed by atoms with Crippen molar-refractivity contribution >= 4 is 28.9 Å². The predicted molar refractivity (Wildman–Crippen MR) is 61.5 cm³/mol. The second kappa shape index (κ2) is 6.07. The van der Waals surface area contributed by atoms with Gasteiger partial charge < -0.3 is 15.7 Å². The van der Waals surface area contributed by atoms with Gasteiger partial charge in [0.15, 0.2) is 0 Å². The fraction of sp³-hybridized carbons (Fsp3) is 0.444. The highest BCUT2D eigenvalue weighted by Crippen LogP contribution is 2.20. The van der Waals surface area contributed by atoms with E-state index in [4.69, 9.17) is 16.7 Å².